The highest BCUT2D eigenvalue weighted by Crippen LogP contribution is 2.23. The van der Waals surface area contributed by atoms with Gasteiger partial charge >= 0.3 is 5.97 Å². The van der Waals surface area contributed by atoms with Crippen molar-refractivity contribution in [3.05, 3.63) is 59.7 Å². The molecule has 0 saturated heterocycles. The number of benzene rings is 2. The van der Waals surface area contributed by atoms with Gasteiger partial charge in [-0.2, -0.15) is 5.10 Å². The van der Waals surface area contributed by atoms with Crippen LogP contribution in [0.3, 0.4) is 0 Å². The largest absolute Gasteiger partial charge is 0.496 e. The molecule has 0 bridgehead atoms. The molecule has 1 amide bonds. The molecule has 2 aromatic rings. The summed E-state index contributed by atoms with van der Waals surface area (Å²) in [5.41, 5.74) is 1.54. The summed E-state index contributed by atoms with van der Waals surface area (Å²) < 4.78 is 33.1. The maximum Gasteiger partial charge on any atom is 0.342 e. The number of nitrogens with two attached hydrogens (primary N) is 1. The second kappa shape index (κ2) is 8.41. The molecule has 1 aliphatic rings. The maximum absolute atomic E-state index is 12.4. The Morgan fingerprint density at radius 1 is 1.17 bits per heavy atom. The summed E-state index contributed by atoms with van der Waals surface area (Å²) in [4.78, 5) is 24.4. The highest BCUT2D eigenvalue weighted by molar-refractivity contribution is 7.89. The van der Waals surface area contributed by atoms with E-state index in [-0.39, 0.29) is 16.2 Å². The quantitative estimate of drug-likeness (QED) is 0.702. The monoisotopic (exact) mass is 417 g/mol. The molecule has 0 fully saturated rings. The van der Waals surface area contributed by atoms with E-state index in [4.69, 9.17) is 14.6 Å². The van der Waals surface area contributed by atoms with Crippen LogP contribution in [0.25, 0.3) is 0 Å². The van der Waals surface area contributed by atoms with Crippen LogP contribution in [0.2, 0.25) is 0 Å². The zero-order valence-corrected chi connectivity index (χ0v) is 16.4. The van der Waals surface area contributed by atoms with Crippen molar-refractivity contribution in [2.45, 2.75) is 11.3 Å². The van der Waals surface area contributed by atoms with Gasteiger partial charge in [0.15, 0.2) is 6.61 Å². The Bertz CT molecular complexity index is 1070. The van der Waals surface area contributed by atoms with Crippen molar-refractivity contribution in [3.63, 3.8) is 0 Å². The van der Waals surface area contributed by atoms with Crippen molar-refractivity contribution < 1.29 is 27.5 Å². The number of rotatable bonds is 6. The number of carbonyl (C=O) groups is 2. The summed E-state index contributed by atoms with van der Waals surface area (Å²) in [6.45, 7) is -0.169. The molecule has 152 valence electrons. The molecule has 1 heterocycles. The second-order valence-electron chi connectivity index (χ2n) is 6.16. The van der Waals surface area contributed by atoms with Crippen LogP contribution in [-0.4, -0.2) is 51.3 Å². The van der Waals surface area contributed by atoms with E-state index in [9.17, 15) is 18.0 Å². The van der Waals surface area contributed by atoms with Gasteiger partial charge in [0, 0.05) is 6.42 Å². The first kappa shape index (κ1) is 20.5. The fourth-order valence-corrected chi connectivity index (χ4v) is 3.31. The van der Waals surface area contributed by atoms with Gasteiger partial charge in [0.05, 0.1) is 24.3 Å². The van der Waals surface area contributed by atoms with Gasteiger partial charge in [-0.1, -0.05) is 30.3 Å². The third kappa shape index (κ3) is 4.79. The molecular formula is C19H19N3O6S. The lowest BCUT2D eigenvalue weighted by molar-refractivity contribution is -0.134. The normalized spacial score (nSPS) is 13.7. The van der Waals surface area contributed by atoms with Gasteiger partial charge in [0.25, 0.3) is 5.91 Å². The van der Waals surface area contributed by atoms with E-state index in [1.54, 1.807) is 0 Å². The van der Waals surface area contributed by atoms with Crippen molar-refractivity contribution in [1.29, 1.82) is 0 Å². The fraction of sp³-hybridized carbons (Fsp3) is 0.211. The average Bonchev–Trinajstić information content (AvgIpc) is 3.21. The fourth-order valence-electron chi connectivity index (χ4n) is 2.77. The van der Waals surface area contributed by atoms with Crippen LogP contribution in [0.4, 0.5) is 0 Å². The minimum Gasteiger partial charge on any atom is -0.496 e. The second-order valence-corrected chi connectivity index (χ2v) is 7.72. The first-order valence-electron chi connectivity index (χ1n) is 8.61. The number of esters is 1. The lowest BCUT2D eigenvalue weighted by atomic mass is 10.1. The SMILES string of the molecule is COc1ccc(S(N)(=O)=O)cc1C(=O)OCC(=O)N1CCC(c2ccccc2)=N1. The van der Waals surface area contributed by atoms with Crippen LogP contribution in [-0.2, 0) is 19.6 Å². The van der Waals surface area contributed by atoms with E-state index >= 15 is 0 Å². The molecule has 2 aromatic carbocycles. The van der Waals surface area contributed by atoms with Crippen molar-refractivity contribution in [2.24, 2.45) is 10.2 Å². The minimum atomic E-state index is -4.02. The number of hydrogen-bond donors (Lipinski definition) is 1. The van der Waals surface area contributed by atoms with E-state index in [0.29, 0.717) is 13.0 Å². The summed E-state index contributed by atoms with van der Waals surface area (Å²) in [5.74, 6) is -1.31. The third-order valence-corrected chi connectivity index (χ3v) is 5.15. The summed E-state index contributed by atoms with van der Waals surface area (Å²) in [6.07, 6.45) is 0.591. The number of carbonyl (C=O) groups excluding carboxylic acids is 2. The van der Waals surface area contributed by atoms with E-state index in [1.807, 2.05) is 30.3 Å². The Morgan fingerprint density at radius 3 is 2.55 bits per heavy atom. The first-order valence-corrected chi connectivity index (χ1v) is 10.2. The highest BCUT2D eigenvalue weighted by Gasteiger charge is 2.24. The minimum absolute atomic E-state index is 0.0976. The van der Waals surface area contributed by atoms with Gasteiger partial charge in [0.2, 0.25) is 10.0 Å². The molecule has 9 nitrogen and oxygen atoms in total. The van der Waals surface area contributed by atoms with Crippen LogP contribution < -0.4 is 9.88 Å². The number of primary sulfonamides is 1. The number of nitrogens with zero attached hydrogens (tertiary/aromatic N) is 2. The number of methoxy groups -OCH3 is 1. The molecular weight excluding hydrogens is 398 g/mol. The topological polar surface area (TPSA) is 128 Å². The van der Waals surface area contributed by atoms with Gasteiger partial charge in [-0.25, -0.2) is 23.4 Å². The van der Waals surface area contributed by atoms with E-state index < -0.39 is 28.5 Å². The summed E-state index contributed by atoms with van der Waals surface area (Å²) >= 11 is 0. The number of amides is 1. The number of hydrogen-bond acceptors (Lipinski definition) is 7. The smallest absolute Gasteiger partial charge is 0.342 e. The third-order valence-electron chi connectivity index (χ3n) is 4.24. The summed E-state index contributed by atoms with van der Waals surface area (Å²) in [7, 11) is -2.70. The lowest BCUT2D eigenvalue weighted by Crippen LogP contribution is -2.29. The molecule has 0 spiro atoms. The Kier molecular flexibility index (Phi) is 5.95. The van der Waals surface area contributed by atoms with Crippen molar-refractivity contribution in [2.75, 3.05) is 20.3 Å². The molecule has 3 rings (SSSR count). The zero-order chi connectivity index (χ0) is 21.0. The summed E-state index contributed by atoms with van der Waals surface area (Å²) in [5, 5.41) is 10.6. The average molecular weight is 417 g/mol. The van der Waals surface area contributed by atoms with Crippen LogP contribution >= 0.6 is 0 Å². The molecule has 0 radical (unpaired) electrons. The van der Waals surface area contributed by atoms with Crippen LogP contribution in [0.5, 0.6) is 5.75 Å². The molecule has 1 aliphatic heterocycles. The molecule has 29 heavy (non-hydrogen) atoms. The summed E-state index contributed by atoms with van der Waals surface area (Å²) in [6, 6.07) is 13.0. The number of hydrazone groups is 1. The van der Waals surface area contributed by atoms with E-state index in [2.05, 4.69) is 5.10 Å². The molecule has 0 atom stereocenters. The lowest BCUT2D eigenvalue weighted by Gasteiger charge is -2.13. The van der Waals surface area contributed by atoms with Gasteiger partial charge in [-0.05, 0) is 23.8 Å². The van der Waals surface area contributed by atoms with Gasteiger partial charge in [-0.3, -0.25) is 4.79 Å². The highest BCUT2D eigenvalue weighted by atomic mass is 32.2. The molecule has 10 heteroatoms. The Labute approximate surface area is 167 Å². The Balaban J connectivity index is 1.68. The van der Waals surface area contributed by atoms with E-state index in [1.165, 1.54) is 24.3 Å². The van der Waals surface area contributed by atoms with E-state index in [0.717, 1.165) is 17.3 Å². The Morgan fingerprint density at radius 2 is 1.90 bits per heavy atom. The standard InChI is InChI=1S/C19H19N3O6S/c1-27-17-8-7-14(29(20,25)26)11-15(17)19(24)28-12-18(23)22-10-9-16(21-22)13-5-3-2-4-6-13/h2-8,11H,9-10,12H2,1H3,(H2,20,25,26). The molecule has 0 saturated carbocycles. The van der Waals surface area contributed by atoms with Crippen molar-refractivity contribution in [3.8, 4) is 5.75 Å². The molecule has 2 N–H and O–H groups in total. The van der Waals surface area contributed by atoms with Crippen molar-refractivity contribution in [1.82, 2.24) is 5.01 Å². The Hall–Kier alpha value is -3.24. The van der Waals surface area contributed by atoms with Crippen LogP contribution in [0, 0.1) is 0 Å². The predicted octanol–water partition coefficient (Wildman–Crippen LogP) is 1.14. The molecule has 0 unspecified atom stereocenters. The van der Waals surface area contributed by atoms with Crippen molar-refractivity contribution >= 4 is 27.6 Å². The molecule has 0 aromatic heterocycles. The zero-order valence-electron chi connectivity index (χ0n) is 15.6. The first-order chi connectivity index (χ1) is 13.8. The van der Waals surface area contributed by atoms with Crippen LogP contribution in [0.15, 0.2) is 58.5 Å². The van der Waals surface area contributed by atoms with Gasteiger partial charge in [-0.15, -0.1) is 0 Å². The predicted molar refractivity (Wildman–Crippen MR) is 104 cm³/mol. The number of ether oxygens (including phenoxy) is 2. The van der Waals surface area contributed by atoms with Crippen LogP contribution in [0.1, 0.15) is 22.3 Å². The van der Waals surface area contributed by atoms with Gasteiger partial charge < -0.3 is 9.47 Å². The molecule has 0 aliphatic carbocycles. The maximum atomic E-state index is 12.4. The van der Waals surface area contributed by atoms with Gasteiger partial charge in [0.1, 0.15) is 11.3 Å². The number of sulfonamides is 1.